The summed E-state index contributed by atoms with van der Waals surface area (Å²) in [6.07, 6.45) is 15.5. The Morgan fingerprint density at radius 2 is 1.97 bits per heavy atom. The third-order valence-corrected chi connectivity index (χ3v) is 10.7. The van der Waals surface area contributed by atoms with Gasteiger partial charge in [0, 0.05) is 6.54 Å². The molecule has 0 bridgehead atoms. The first-order valence-corrected chi connectivity index (χ1v) is 13.5. The van der Waals surface area contributed by atoms with E-state index in [1.807, 2.05) is 6.21 Å². The van der Waals surface area contributed by atoms with Crippen LogP contribution in [0.4, 0.5) is 0 Å². The summed E-state index contributed by atoms with van der Waals surface area (Å²) in [6.45, 7) is 8.60. The van der Waals surface area contributed by atoms with Crippen LogP contribution in [0.2, 0.25) is 0 Å². The molecule has 0 amide bonds. The van der Waals surface area contributed by atoms with Crippen molar-refractivity contribution in [3.63, 3.8) is 0 Å². The molecule has 0 spiro atoms. The zero-order chi connectivity index (χ0) is 23.3. The maximum atomic E-state index is 11.9. The van der Waals surface area contributed by atoms with E-state index in [1.165, 1.54) is 25.7 Å². The topological polar surface area (TPSA) is 89.2 Å². The van der Waals surface area contributed by atoms with E-state index in [9.17, 15) is 10.2 Å². The summed E-state index contributed by atoms with van der Waals surface area (Å²) in [7, 11) is 0. The number of rotatable bonds is 4. The number of hydrazone groups is 1. The van der Waals surface area contributed by atoms with Crippen LogP contribution < -0.4 is 10.7 Å². The number of nitrogens with one attached hydrogen (secondary N) is 2. The summed E-state index contributed by atoms with van der Waals surface area (Å²) in [6, 6.07) is 0. The molecule has 4 aliphatic carbocycles. The van der Waals surface area contributed by atoms with E-state index >= 15 is 0 Å². The lowest BCUT2D eigenvalue weighted by Gasteiger charge is -2.63. The summed E-state index contributed by atoms with van der Waals surface area (Å²) < 4.78 is 0. The van der Waals surface area contributed by atoms with E-state index in [0.717, 1.165) is 69.6 Å². The zero-order valence-corrected chi connectivity index (χ0v) is 20.9. The highest BCUT2D eigenvalue weighted by molar-refractivity contribution is 5.84. The molecule has 7 atom stereocenters. The van der Waals surface area contributed by atoms with Crippen LogP contribution in [0.1, 0.15) is 91.4 Å². The summed E-state index contributed by atoms with van der Waals surface area (Å²) in [5, 5.41) is 31.0. The number of aliphatic imine (C=N–C) groups is 1. The second-order valence-corrected chi connectivity index (χ2v) is 12.3. The third kappa shape index (κ3) is 3.85. The van der Waals surface area contributed by atoms with Gasteiger partial charge in [0.2, 0.25) is 5.96 Å². The van der Waals surface area contributed by atoms with Crippen molar-refractivity contribution in [2.75, 3.05) is 13.1 Å². The highest BCUT2D eigenvalue weighted by Gasteiger charge is 2.65. The van der Waals surface area contributed by atoms with Crippen molar-refractivity contribution in [2.24, 2.45) is 38.7 Å². The van der Waals surface area contributed by atoms with Crippen molar-refractivity contribution in [3.05, 3.63) is 11.6 Å². The molecule has 0 unspecified atom stereocenters. The predicted octanol–water partition coefficient (Wildman–Crippen LogP) is 4.14. The zero-order valence-electron chi connectivity index (χ0n) is 20.9. The average molecular weight is 457 g/mol. The summed E-state index contributed by atoms with van der Waals surface area (Å²) in [4.78, 5) is 4.30. The van der Waals surface area contributed by atoms with Gasteiger partial charge in [0.25, 0.3) is 0 Å². The SMILES string of the molecule is CCC(C=NNC1=NCCN1)=C[C@]1(O)CC[C@@]2(C)[C@H](CC[C@@H]3[C@@H]2CC[C@]2(C)CCC[C@]32O)C1. The van der Waals surface area contributed by atoms with Gasteiger partial charge in [0.05, 0.1) is 24.0 Å². The van der Waals surface area contributed by atoms with Crippen molar-refractivity contribution in [1.82, 2.24) is 10.7 Å². The summed E-state index contributed by atoms with van der Waals surface area (Å²) >= 11 is 0. The molecule has 5 aliphatic rings. The van der Waals surface area contributed by atoms with E-state index in [2.05, 4.69) is 47.7 Å². The second kappa shape index (κ2) is 8.37. The van der Waals surface area contributed by atoms with E-state index < -0.39 is 11.2 Å². The molecule has 4 N–H and O–H groups in total. The van der Waals surface area contributed by atoms with Gasteiger partial charge in [0.1, 0.15) is 0 Å². The normalized spacial score (nSPS) is 47.5. The predicted molar refractivity (Wildman–Crippen MR) is 133 cm³/mol. The molecule has 1 heterocycles. The number of guanidine groups is 1. The molecule has 0 aromatic heterocycles. The maximum Gasteiger partial charge on any atom is 0.212 e. The third-order valence-electron chi connectivity index (χ3n) is 10.7. The Morgan fingerprint density at radius 3 is 2.73 bits per heavy atom. The van der Waals surface area contributed by atoms with Crippen LogP contribution >= 0.6 is 0 Å². The minimum absolute atomic E-state index is 0.123. The quantitative estimate of drug-likeness (QED) is 0.378. The largest absolute Gasteiger partial charge is 0.389 e. The molecule has 33 heavy (non-hydrogen) atoms. The minimum Gasteiger partial charge on any atom is -0.389 e. The Kier molecular flexibility index (Phi) is 5.92. The smallest absolute Gasteiger partial charge is 0.212 e. The van der Waals surface area contributed by atoms with Gasteiger partial charge in [0.15, 0.2) is 0 Å². The van der Waals surface area contributed by atoms with Crippen LogP contribution in [0.3, 0.4) is 0 Å². The number of allylic oxidation sites excluding steroid dienone is 1. The summed E-state index contributed by atoms with van der Waals surface area (Å²) in [5.41, 5.74) is 3.16. The van der Waals surface area contributed by atoms with Crippen molar-refractivity contribution in [2.45, 2.75) is 103 Å². The van der Waals surface area contributed by atoms with Gasteiger partial charge < -0.3 is 15.5 Å². The Hall–Kier alpha value is -1.40. The number of hydrogen-bond acceptors (Lipinski definition) is 6. The molecule has 6 heteroatoms. The van der Waals surface area contributed by atoms with Crippen LogP contribution in [0.5, 0.6) is 0 Å². The molecule has 184 valence electrons. The lowest BCUT2D eigenvalue weighted by atomic mass is 9.43. The van der Waals surface area contributed by atoms with Crippen molar-refractivity contribution < 1.29 is 10.2 Å². The van der Waals surface area contributed by atoms with Crippen molar-refractivity contribution in [3.8, 4) is 0 Å². The van der Waals surface area contributed by atoms with E-state index in [1.54, 1.807) is 0 Å². The van der Waals surface area contributed by atoms with E-state index in [4.69, 9.17) is 0 Å². The van der Waals surface area contributed by atoms with Gasteiger partial charge in [-0.15, -0.1) is 0 Å². The number of hydrogen-bond donors (Lipinski definition) is 4. The van der Waals surface area contributed by atoms with E-state index in [0.29, 0.717) is 17.8 Å². The Bertz CT molecular complexity index is 855. The first-order chi connectivity index (χ1) is 15.7. The molecule has 0 radical (unpaired) electrons. The highest BCUT2D eigenvalue weighted by atomic mass is 16.3. The Morgan fingerprint density at radius 1 is 1.12 bits per heavy atom. The maximum absolute atomic E-state index is 11.9. The van der Waals surface area contributed by atoms with Gasteiger partial charge in [-0.1, -0.05) is 20.8 Å². The number of aliphatic hydroxyl groups is 2. The Balaban J connectivity index is 1.30. The number of fused-ring (bicyclic) bond motifs is 5. The monoisotopic (exact) mass is 456 g/mol. The van der Waals surface area contributed by atoms with Crippen molar-refractivity contribution >= 4 is 12.2 Å². The second-order valence-electron chi connectivity index (χ2n) is 12.3. The van der Waals surface area contributed by atoms with Crippen LogP contribution in [0.25, 0.3) is 0 Å². The first-order valence-electron chi connectivity index (χ1n) is 13.5. The van der Waals surface area contributed by atoms with E-state index in [-0.39, 0.29) is 10.8 Å². The molecule has 0 saturated heterocycles. The lowest BCUT2D eigenvalue weighted by molar-refractivity contribution is -0.206. The molecule has 4 saturated carbocycles. The minimum atomic E-state index is -0.759. The van der Waals surface area contributed by atoms with Gasteiger partial charge in [-0.25, -0.2) is 10.4 Å². The molecule has 0 aromatic carbocycles. The first kappa shape index (κ1) is 23.3. The number of nitrogens with zero attached hydrogens (tertiary/aromatic N) is 2. The molecule has 1 aliphatic heterocycles. The van der Waals surface area contributed by atoms with Gasteiger partial charge in [-0.3, -0.25) is 0 Å². The lowest BCUT2D eigenvalue weighted by Crippen LogP contribution is -2.61. The van der Waals surface area contributed by atoms with Crippen molar-refractivity contribution in [1.29, 1.82) is 0 Å². The fourth-order valence-electron chi connectivity index (χ4n) is 8.59. The van der Waals surface area contributed by atoms with Crippen LogP contribution in [0, 0.1) is 28.6 Å². The Labute approximate surface area is 199 Å². The average Bonchev–Trinajstić information content (AvgIpc) is 3.41. The summed E-state index contributed by atoms with van der Waals surface area (Å²) in [5.74, 6) is 2.28. The van der Waals surface area contributed by atoms with Crippen LogP contribution in [-0.2, 0) is 0 Å². The van der Waals surface area contributed by atoms with Gasteiger partial charge in [-0.05, 0) is 111 Å². The molecule has 6 nitrogen and oxygen atoms in total. The van der Waals surface area contributed by atoms with Crippen LogP contribution in [0.15, 0.2) is 21.7 Å². The molecular formula is C27H44N4O2. The van der Waals surface area contributed by atoms with Gasteiger partial charge >= 0.3 is 0 Å². The fraction of sp³-hybridized carbons (Fsp3) is 0.852. The molecule has 5 rings (SSSR count). The van der Waals surface area contributed by atoms with Gasteiger partial charge in [-0.2, -0.15) is 5.10 Å². The fourth-order valence-corrected chi connectivity index (χ4v) is 8.59. The standard InChI is InChI=1S/C27H44N4O2/c1-4-19(18-30-31-23-28-14-15-29-23)16-26(32)13-12-25(3)20(17-26)6-7-22-21(25)8-11-24(2)9-5-10-27(22,24)33/h16,18,20-22,32-33H,4-15,17H2,1-3H3,(H2,28,29,31)/t20-,21+,22-,24+,25+,26-,27+/m1/s1. The molecule has 0 aromatic rings. The molecule has 4 fully saturated rings. The molecular weight excluding hydrogens is 412 g/mol. The highest BCUT2D eigenvalue weighted by Crippen LogP contribution is 2.68. The van der Waals surface area contributed by atoms with Crippen LogP contribution in [-0.4, -0.2) is 46.7 Å².